The molecule has 1 saturated carbocycles. The minimum Gasteiger partial charge on any atom is -0.321 e. The van der Waals surface area contributed by atoms with Crippen molar-refractivity contribution in [1.29, 1.82) is 0 Å². The molecule has 1 aromatic carbocycles. The predicted octanol–water partition coefficient (Wildman–Crippen LogP) is 3.86. The van der Waals surface area contributed by atoms with Crippen LogP contribution in [0, 0.1) is 17.5 Å². The summed E-state index contributed by atoms with van der Waals surface area (Å²) < 4.78 is 39.9. The molecule has 0 radical (unpaired) electrons. The van der Waals surface area contributed by atoms with E-state index in [2.05, 4.69) is 15.9 Å². The van der Waals surface area contributed by atoms with Gasteiger partial charge in [0.25, 0.3) is 0 Å². The zero-order valence-corrected chi connectivity index (χ0v) is 10.4. The molecule has 0 aromatic heterocycles. The third-order valence-corrected chi connectivity index (χ3v) is 4.00. The van der Waals surface area contributed by atoms with Gasteiger partial charge in [-0.05, 0) is 35.2 Å². The smallest absolute Gasteiger partial charge is 0.176 e. The Hall–Kier alpha value is -0.260. The van der Waals surface area contributed by atoms with E-state index >= 15 is 0 Å². The van der Waals surface area contributed by atoms with Crippen molar-refractivity contribution in [3.05, 3.63) is 32.5 Å². The molecule has 1 nitrogen and oxygen atoms in total. The zero-order valence-electron chi connectivity index (χ0n) is 8.09. The fourth-order valence-electron chi connectivity index (χ4n) is 1.85. The van der Waals surface area contributed by atoms with Crippen LogP contribution < -0.4 is 5.73 Å². The number of hydrogen-bond acceptors (Lipinski definition) is 1. The topological polar surface area (TPSA) is 26.0 Å². The van der Waals surface area contributed by atoms with Crippen molar-refractivity contribution >= 4 is 27.5 Å². The van der Waals surface area contributed by atoms with E-state index < -0.39 is 32.5 Å². The highest BCUT2D eigenvalue weighted by Crippen LogP contribution is 2.45. The number of nitrogens with two attached hydrogens (primary N) is 1. The Kier molecular flexibility index (Phi) is 2.97. The molecular formula is C10H8BrClF3N. The van der Waals surface area contributed by atoms with Crippen LogP contribution in [0.5, 0.6) is 0 Å². The maximum absolute atomic E-state index is 13.7. The average molecular weight is 315 g/mol. The van der Waals surface area contributed by atoms with Crippen molar-refractivity contribution in [2.75, 3.05) is 0 Å². The van der Waals surface area contributed by atoms with Crippen LogP contribution in [-0.2, 0) is 5.54 Å². The lowest BCUT2D eigenvalue weighted by Gasteiger charge is -2.39. The quantitative estimate of drug-likeness (QED) is 0.618. The molecule has 6 heteroatoms. The van der Waals surface area contributed by atoms with Crippen molar-refractivity contribution in [2.24, 2.45) is 5.73 Å². The average Bonchev–Trinajstić information content (AvgIpc) is 2.21. The normalized spacial score (nSPS) is 18.4. The first-order valence-electron chi connectivity index (χ1n) is 4.69. The van der Waals surface area contributed by atoms with Gasteiger partial charge in [0.2, 0.25) is 0 Å². The van der Waals surface area contributed by atoms with Gasteiger partial charge in [0.15, 0.2) is 17.5 Å². The third kappa shape index (κ3) is 1.57. The number of rotatable bonds is 1. The molecule has 1 aromatic rings. The number of halogens is 5. The molecule has 1 aliphatic carbocycles. The molecule has 0 unspecified atom stereocenters. The molecule has 2 rings (SSSR count). The largest absolute Gasteiger partial charge is 0.321 e. The minimum absolute atomic E-state index is 0.251. The zero-order chi connectivity index (χ0) is 12.1. The maximum atomic E-state index is 13.7. The van der Waals surface area contributed by atoms with Crippen molar-refractivity contribution < 1.29 is 13.2 Å². The summed E-state index contributed by atoms with van der Waals surface area (Å²) in [6.45, 7) is 0. The van der Waals surface area contributed by atoms with Gasteiger partial charge in [-0.2, -0.15) is 0 Å². The van der Waals surface area contributed by atoms with Gasteiger partial charge < -0.3 is 5.73 Å². The van der Waals surface area contributed by atoms with Crippen LogP contribution in [0.3, 0.4) is 0 Å². The second-order valence-corrected chi connectivity index (χ2v) is 5.13. The van der Waals surface area contributed by atoms with Crippen molar-refractivity contribution in [2.45, 2.75) is 24.8 Å². The molecule has 2 N–H and O–H groups in total. The van der Waals surface area contributed by atoms with Crippen molar-refractivity contribution in [3.8, 4) is 0 Å². The van der Waals surface area contributed by atoms with E-state index in [-0.39, 0.29) is 5.56 Å². The molecule has 16 heavy (non-hydrogen) atoms. The Bertz CT molecular complexity index is 431. The molecule has 0 bridgehead atoms. The van der Waals surface area contributed by atoms with E-state index in [4.69, 9.17) is 17.3 Å². The molecule has 1 fully saturated rings. The standard InChI is InChI=1S/C10H8BrClF3N/c11-5-8(14)6(12)4(7(13)9(5)15)10(16)2-1-3-10/h1-3,16H2. The van der Waals surface area contributed by atoms with Gasteiger partial charge in [0, 0.05) is 11.1 Å². The lowest BCUT2D eigenvalue weighted by atomic mass is 9.72. The van der Waals surface area contributed by atoms with Gasteiger partial charge in [0.1, 0.15) is 0 Å². The second-order valence-electron chi connectivity index (χ2n) is 3.95. The predicted molar refractivity (Wildman–Crippen MR) is 58.7 cm³/mol. The van der Waals surface area contributed by atoms with E-state index in [0.29, 0.717) is 12.8 Å². The lowest BCUT2D eigenvalue weighted by Crippen LogP contribution is -2.44. The van der Waals surface area contributed by atoms with E-state index in [1.807, 2.05) is 0 Å². The first-order valence-corrected chi connectivity index (χ1v) is 5.86. The summed E-state index contributed by atoms with van der Waals surface area (Å²) in [5, 5.41) is -0.437. The number of benzene rings is 1. The number of hydrogen-bond donors (Lipinski definition) is 1. The van der Waals surface area contributed by atoms with Gasteiger partial charge in [0.05, 0.1) is 9.50 Å². The molecule has 1 aliphatic rings. The second kappa shape index (κ2) is 3.89. The Balaban J connectivity index is 2.70. The van der Waals surface area contributed by atoms with E-state index in [0.717, 1.165) is 6.42 Å². The molecular weight excluding hydrogens is 306 g/mol. The van der Waals surface area contributed by atoms with Gasteiger partial charge in [-0.15, -0.1) is 0 Å². The summed E-state index contributed by atoms with van der Waals surface area (Å²) in [5.41, 5.74) is 4.55. The van der Waals surface area contributed by atoms with Gasteiger partial charge >= 0.3 is 0 Å². The van der Waals surface area contributed by atoms with E-state index in [9.17, 15) is 13.2 Å². The molecule has 0 atom stereocenters. The van der Waals surface area contributed by atoms with E-state index in [1.165, 1.54) is 0 Å². The molecule has 88 valence electrons. The summed E-state index contributed by atoms with van der Waals surface area (Å²) >= 11 is 8.29. The highest BCUT2D eigenvalue weighted by Gasteiger charge is 2.41. The van der Waals surface area contributed by atoms with Crippen molar-refractivity contribution in [3.63, 3.8) is 0 Å². The van der Waals surface area contributed by atoms with Crippen LogP contribution in [0.2, 0.25) is 5.02 Å². The SMILES string of the molecule is NC1(c2c(F)c(F)c(Br)c(F)c2Cl)CCC1. The Morgan fingerprint density at radius 3 is 2.12 bits per heavy atom. The van der Waals surface area contributed by atoms with Gasteiger partial charge in [-0.25, -0.2) is 13.2 Å². The monoisotopic (exact) mass is 313 g/mol. The molecule has 0 amide bonds. The summed E-state index contributed by atoms with van der Waals surface area (Å²) in [7, 11) is 0. The Labute approximate surface area is 104 Å². The van der Waals surface area contributed by atoms with Crippen molar-refractivity contribution in [1.82, 2.24) is 0 Å². The fourth-order valence-corrected chi connectivity index (χ4v) is 2.70. The van der Waals surface area contributed by atoms with Crippen LogP contribution in [0.25, 0.3) is 0 Å². The molecule has 0 saturated heterocycles. The van der Waals surface area contributed by atoms with Crippen LogP contribution >= 0.6 is 27.5 Å². The van der Waals surface area contributed by atoms with Gasteiger partial charge in [-0.1, -0.05) is 11.6 Å². The summed E-state index contributed by atoms with van der Waals surface area (Å²) in [6.07, 6.45) is 1.75. The summed E-state index contributed by atoms with van der Waals surface area (Å²) in [5.74, 6) is -3.46. The van der Waals surface area contributed by atoms with E-state index in [1.54, 1.807) is 0 Å². The Morgan fingerprint density at radius 1 is 1.12 bits per heavy atom. The van der Waals surface area contributed by atoms with Crippen LogP contribution in [-0.4, -0.2) is 0 Å². The summed E-state index contributed by atoms with van der Waals surface area (Å²) in [6, 6.07) is 0. The highest BCUT2D eigenvalue weighted by atomic mass is 79.9. The Morgan fingerprint density at radius 2 is 1.69 bits per heavy atom. The van der Waals surface area contributed by atoms with Crippen LogP contribution in [0.4, 0.5) is 13.2 Å². The third-order valence-electron chi connectivity index (χ3n) is 2.95. The van der Waals surface area contributed by atoms with Crippen LogP contribution in [0.15, 0.2) is 4.47 Å². The molecule has 0 spiro atoms. The fraction of sp³-hybridized carbons (Fsp3) is 0.400. The first-order chi connectivity index (χ1) is 7.38. The minimum atomic E-state index is -1.28. The summed E-state index contributed by atoms with van der Waals surface area (Å²) in [4.78, 5) is 0. The molecule has 0 aliphatic heterocycles. The van der Waals surface area contributed by atoms with Gasteiger partial charge in [-0.3, -0.25) is 0 Å². The highest BCUT2D eigenvalue weighted by molar-refractivity contribution is 9.10. The lowest BCUT2D eigenvalue weighted by molar-refractivity contribution is 0.241. The first kappa shape index (κ1) is 12.2. The maximum Gasteiger partial charge on any atom is 0.176 e. The molecule has 0 heterocycles. The van der Waals surface area contributed by atoms with Crippen LogP contribution in [0.1, 0.15) is 24.8 Å².